The lowest BCUT2D eigenvalue weighted by molar-refractivity contribution is -0.117. The molecule has 1 aliphatic heterocycles. The Balaban J connectivity index is 1.94. The molecule has 0 bridgehead atoms. The average Bonchev–Trinajstić information content (AvgIpc) is 2.89. The van der Waals surface area contributed by atoms with E-state index in [1.165, 1.54) is 0 Å². The molecule has 1 saturated heterocycles. The molecular weight excluding hydrogens is 330 g/mol. The number of hydrogen-bond acceptors (Lipinski definition) is 3. The minimum Gasteiger partial charge on any atom is -0.280 e. The summed E-state index contributed by atoms with van der Waals surface area (Å²) in [5, 5.41) is 0. The summed E-state index contributed by atoms with van der Waals surface area (Å²) in [7, 11) is 0. The molecule has 0 N–H and O–H groups in total. The van der Waals surface area contributed by atoms with Crippen LogP contribution in [-0.2, 0) is 4.79 Å². The van der Waals surface area contributed by atoms with Crippen molar-refractivity contribution in [1.29, 1.82) is 0 Å². The van der Waals surface area contributed by atoms with Crippen LogP contribution in [0.15, 0.2) is 53.7 Å². The van der Waals surface area contributed by atoms with Gasteiger partial charge in [0.15, 0.2) is 0 Å². The summed E-state index contributed by atoms with van der Waals surface area (Å²) in [5.74, 6) is 0.684. The van der Waals surface area contributed by atoms with Crippen molar-refractivity contribution in [2.24, 2.45) is 5.92 Å². The quantitative estimate of drug-likeness (QED) is 0.802. The fraction of sp³-hybridized carbons (Fsp3) is 0.188. The Morgan fingerprint density at radius 3 is 2.95 bits per heavy atom. The van der Waals surface area contributed by atoms with Crippen molar-refractivity contribution in [2.75, 3.05) is 11.4 Å². The van der Waals surface area contributed by atoms with Crippen molar-refractivity contribution in [2.45, 2.75) is 6.42 Å². The smallest absolute Gasteiger partial charge is 0.232 e. The van der Waals surface area contributed by atoms with Crippen LogP contribution >= 0.6 is 15.9 Å². The lowest BCUT2D eigenvalue weighted by Gasteiger charge is -2.14. The molecule has 4 nitrogen and oxygen atoms in total. The van der Waals surface area contributed by atoms with Gasteiger partial charge < -0.3 is 0 Å². The van der Waals surface area contributed by atoms with Crippen molar-refractivity contribution in [1.82, 2.24) is 9.97 Å². The van der Waals surface area contributed by atoms with Gasteiger partial charge in [-0.05, 0) is 18.2 Å². The van der Waals surface area contributed by atoms with Crippen molar-refractivity contribution in [3.8, 4) is 11.3 Å². The van der Waals surface area contributed by atoms with Gasteiger partial charge in [0, 0.05) is 35.1 Å². The maximum atomic E-state index is 12.0. The number of carbonyl (C=O) groups is 1. The Labute approximate surface area is 131 Å². The molecule has 3 rings (SSSR count). The van der Waals surface area contributed by atoms with Gasteiger partial charge in [0.2, 0.25) is 11.9 Å². The van der Waals surface area contributed by atoms with Gasteiger partial charge in [-0.3, -0.25) is 9.69 Å². The largest absolute Gasteiger partial charge is 0.280 e. The molecule has 21 heavy (non-hydrogen) atoms. The van der Waals surface area contributed by atoms with Crippen LogP contribution in [-0.4, -0.2) is 22.4 Å². The van der Waals surface area contributed by atoms with Crippen molar-refractivity contribution >= 4 is 27.8 Å². The van der Waals surface area contributed by atoms with Crippen LogP contribution in [0, 0.1) is 5.92 Å². The zero-order chi connectivity index (χ0) is 14.8. The van der Waals surface area contributed by atoms with Crippen molar-refractivity contribution in [3.05, 3.63) is 53.7 Å². The third-order valence-electron chi connectivity index (χ3n) is 3.49. The standard InChI is InChI=1S/C16H14BrN3O/c1-2-11-8-15(21)20(10-11)16-18-7-6-14(19-16)12-4-3-5-13(17)9-12/h2-7,9,11H,1,8,10H2. The SMILES string of the molecule is C=CC1CC(=O)N(c2nccc(-c3cccc(Br)c3)n2)C1. The van der Waals surface area contributed by atoms with Gasteiger partial charge in [-0.25, -0.2) is 9.97 Å². The molecule has 1 fully saturated rings. The van der Waals surface area contributed by atoms with E-state index in [1.807, 2.05) is 36.4 Å². The predicted octanol–water partition coefficient (Wildman–Crippen LogP) is 3.45. The first-order chi connectivity index (χ1) is 10.2. The molecule has 1 amide bonds. The number of amides is 1. The zero-order valence-corrected chi connectivity index (χ0v) is 13.0. The highest BCUT2D eigenvalue weighted by atomic mass is 79.9. The molecule has 0 saturated carbocycles. The van der Waals surface area contributed by atoms with Crippen LogP contribution in [0.5, 0.6) is 0 Å². The minimum atomic E-state index is 0.0475. The second kappa shape index (κ2) is 5.77. The van der Waals surface area contributed by atoms with Crippen LogP contribution in [0.2, 0.25) is 0 Å². The van der Waals surface area contributed by atoms with E-state index in [4.69, 9.17) is 0 Å². The molecule has 106 valence electrons. The summed E-state index contributed by atoms with van der Waals surface area (Å²) in [5.41, 5.74) is 1.79. The molecule has 0 radical (unpaired) electrons. The summed E-state index contributed by atoms with van der Waals surface area (Å²) < 4.78 is 0.990. The molecule has 0 spiro atoms. The van der Waals surface area contributed by atoms with Gasteiger partial charge in [0.1, 0.15) is 0 Å². The Morgan fingerprint density at radius 2 is 2.24 bits per heavy atom. The molecule has 1 unspecified atom stereocenters. The summed E-state index contributed by atoms with van der Waals surface area (Å²) in [4.78, 5) is 22.4. The number of rotatable bonds is 3. The summed E-state index contributed by atoms with van der Waals surface area (Å²) in [6, 6.07) is 9.73. The van der Waals surface area contributed by atoms with E-state index in [0.29, 0.717) is 18.9 Å². The van der Waals surface area contributed by atoms with Gasteiger partial charge in [-0.2, -0.15) is 0 Å². The normalized spacial score (nSPS) is 18.0. The van der Waals surface area contributed by atoms with Gasteiger partial charge in [0.25, 0.3) is 0 Å². The molecule has 1 aliphatic rings. The minimum absolute atomic E-state index is 0.0475. The van der Waals surface area contributed by atoms with E-state index in [9.17, 15) is 4.79 Å². The van der Waals surface area contributed by atoms with Crippen molar-refractivity contribution < 1.29 is 4.79 Å². The predicted molar refractivity (Wildman–Crippen MR) is 85.8 cm³/mol. The van der Waals surface area contributed by atoms with Crippen LogP contribution in [0.25, 0.3) is 11.3 Å². The van der Waals surface area contributed by atoms with E-state index >= 15 is 0 Å². The number of carbonyl (C=O) groups excluding carboxylic acids is 1. The number of benzene rings is 1. The highest BCUT2D eigenvalue weighted by Gasteiger charge is 2.30. The second-order valence-corrected chi connectivity index (χ2v) is 5.87. The number of aromatic nitrogens is 2. The molecule has 1 aromatic heterocycles. The number of hydrogen-bond donors (Lipinski definition) is 0. The van der Waals surface area contributed by atoms with Gasteiger partial charge in [0.05, 0.1) is 5.69 Å². The molecular formula is C16H14BrN3O. The molecule has 2 aromatic rings. The van der Waals surface area contributed by atoms with E-state index in [-0.39, 0.29) is 11.8 Å². The van der Waals surface area contributed by atoms with E-state index in [0.717, 1.165) is 15.7 Å². The monoisotopic (exact) mass is 343 g/mol. The van der Waals surface area contributed by atoms with Crippen LogP contribution in [0.3, 0.4) is 0 Å². The maximum Gasteiger partial charge on any atom is 0.232 e. The first-order valence-corrected chi connectivity index (χ1v) is 7.48. The van der Waals surface area contributed by atoms with E-state index in [2.05, 4.69) is 32.5 Å². The maximum absolute atomic E-state index is 12.0. The average molecular weight is 344 g/mol. The second-order valence-electron chi connectivity index (χ2n) is 4.96. The highest BCUT2D eigenvalue weighted by Crippen LogP contribution is 2.26. The number of anilines is 1. The Kier molecular flexibility index (Phi) is 3.84. The van der Waals surface area contributed by atoms with Gasteiger partial charge in [-0.15, -0.1) is 6.58 Å². The molecule has 1 aromatic carbocycles. The summed E-state index contributed by atoms with van der Waals surface area (Å²) >= 11 is 3.45. The molecule has 2 heterocycles. The van der Waals surface area contributed by atoms with Crippen LogP contribution in [0.1, 0.15) is 6.42 Å². The summed E-state index contributed by atoms with van der Waals surface area (Å²) in [6.07, 6.45) is 3.98. The Bertz CT molecular complexity index is 701. The van der Waals surface area contributed by atoms with Crippen molar-refractivity contribution in [3.63, 3.8) is 0 Å². The summed E-state index contributed by atoms with van der Waals surface area (Å²) in [6.45, 7) is 4.36. The molecule has 5 heteroatoms. The fourth-order valence-electron chi connectivity index (χ4n) is 2.37. The Hall–Kier alpha value is -2.01. The van der Waals surface area contributed by atoms with Crippen LogP contribution in [0.4, 0.5) is 5.95 Å². The fourth-order valence-corrected chi connectivity index (χ4v) is 2.77. The zero-order valence-electron chi connectivity index (χ0n) is 11.4. The van der Waals surface area contributed by atoms with Crippen LogP contribution < -0.4 is 4.90 Å². The lowest BCUT2D eigenvalue weighted by atomic mass is 10.1. The lowest BCUT2D eigenvalue weighted by Crippen LogP contribution is -2.26. The molecule has 1 atom stereocenters. The molecule has 0 aliphatic carbocycles. The number of halogens is 1. The third-order valence-corrected chi connectivity index (χ3v) is 3.99. The first-order valence-electron chi connectivity index (χ1n) is 6.69. The topological polar surface area (TPSA) is 46.1 Å². The number of nitrogens with zero attached hydrogens (tertiary/aromatic N) is 3. The Morgan fingerprint density at radius 1 is 1.38 bits per heavy atom. The highest BCUT2D eigenvalue weighted by molar-refractivity contribution is 9.10. The van der Waals surface area contributed by atoms with Gasteiger partial charge in [-0.1, -0.05) is 34.1 Å². The first kappa shape index (κ1) is 13.9. The van der Waals surface area contributed by atoms with E-state index < -0.39 is 0 Å². The van der Waals surface area contributed by atoms with Gasteiger partial charge >= 0.3 is 0 Å². The van der Waals surface area contributed by atoms with E-state index in [1.54, 1.807) is 11.1 Å². The third kappa shape index (κ3) is 2.88.